The fourth-order valence-electron chi connectivity index (χ4n) is 2.26. The van der Waals surface area contributed by atoms with Crippen LogP contribution in [0.3, 0.4) is 0 Å². The quantitative estimate of drug-likeness (QED) is 0.838. The number of hydrogen-bond acceptors (Lipinski definition) is 2. The minimum atomic E-state index is -0.950. The Morgan fingerprint density at radius 1 is 1.29 bits per heavy atom. The molecule has 1 heterocycles. The third-order valence-corrected chi connectivity index (χ3v) is 2.84. The smallest absolute Gasteiger partial charge is 0.352 e. The van der Waals surface area contributed by atoms with E-state index in [1.807, 2.05) is 20.8 Å². The molecule has 0 saturated heterocycles. The van der Waals surface area contributed by atoms with Crippen LogP contribution in [0.2, 0.25) is 0 Å². The number of carbonyl (C=O) groups is 1. The van der Waals surface area contributed by atoms with Crippen LogP contribution in [0.4, 0.5) is 0 Å². The molecule has 4 heteroatoms. The summed E-state index contributed by atoms with van der Waals surface area (Å²) in [7, 11) is 0. The first-order valence-corrected chi connectivity index (χ1v) is 5.49. The van der Waals surface area contributed by atoms with Crippen molar-refractivity contribution >= 4 is 16.9 Å². The van der Waals surface area contributed by atoms with Crippen LogP contribution in [-0.4, -0.2) is 20.7 Å². The molecule has 4 nitrogen and oxygen atoms in total. The molecule has 90 valence electrons. The number of carboxylic acid groups (broad SMARTS) is 1. The lowest BCUT2D eigenvalue weighted by Gasteiger charge is -2.13. The van der Waals surface area contributed by atoms with Crippen molar-refractivity contribution in [2.45, 2.75) is 26.8 Å². The number of aromatic nitrogens is 1. The van der Waals surface area contributed by atoms with Gasteiger partial charge in [-0.05, 0) is 44.5 Å². The van der Waals surface area contributed by atoms with Crippen molar-refractivity contribution in [2.75, 3.05) is 0 Å². The normalized spacial score (nSPS) is 11.3. The summed E-state index contributed by atoms with van der Waals surface area (Å²) in [4.78, 5) is 11.2. The van der Waals surface area contributed by atoms with Gasteiger partial charge in [-0.1, -0.05) is 0 Å². The number of nitrogens with zero attached hydrogens (tertiary/aromatic N) is 1. The van der Waals surface area contributed by atoms with Crippen LogP contribution < -0.4 is 0 Å². The van der Waals surface area contributed by atoms with E-state index in [1.54, 1.807) is 22.8 Å². The number of aromatic carboxylic acids is 1. The van der Waals surface area contributed by atoms with Crippen LogP contribution in [0.25, 0.3) is 10.9 Å². The third-order valence-electron chi connectivity index (χ3n) is 2.84. The SMILES string of the molecule is Cc1cc(O)cc2cc(C(=O)O)n(C(C)C)c12. The van der Waals surface area contributed by atoms with Crippen molar-refractivity contribution in [1.29, 1.82) is 0 Å². The Bertz CT molecular complexity index is 596. The van der Waals surface area contributed by atoms with Crippen LogP contribution >= 0.6 is 0 Å². The first-order chi connectivity index (χ1) is 7.91. The lowest BCUT2D eigenvalue weighted by Crippen LogP contribution is -2.10. The lowest BCUT2D eigenvalue weighted by atomic mass is 10.1. The van der Waals surface area contributed by atoms with E-state index in [2.05, 4.69) is 0 Å². The fraction of sp³-hybridized carbons (Fsp3) is 0.308. The van der Waals surface area contributed by atoms with E-state index in [4.69, 9.17) is 0 Å². The van der Waals surface area contributed by atoms with Crippen molar-refractivity contribution in [2.24, 2.45) is 0 Å². The molecule has 0 saturated carbocycles. The molecule has 0 aliphatic rings. The molecule has 0 fully saturated rings. The second-order valence-corrected chi connectivity index (χ2v) is 4.50. The van der Waals surface area contributed by atoms with Gasteiger partial charge in [0.25, 0.3) is 0 Å². The molecule has 0 unspecified atom stereocenters. The Morgan fingerprint density at radius 2 is 1.94 bits per heavy atom. The highest BCUT2D eigenvalue weighted by molar-refractivity contribution is 5.96. The predicted molar refractivity (Wildman–Crippen MR) is 65.7 cm³/mol. The van der Waals surface area contributed by atoms with Crippen LogP contribution in [0.5, 0.6) is 5.75 Å². The molecule has 0 bridgehead atoms. The standard InChI is InChI=1S/C13H15NO3/c1-7(2)14-11(13(16)17)6-9-5-10(15)4-8(3)12(9)14/h4-7,15H,1-3H3,(H,16,17). The van der Waals surface area contributed by atoms with Crippen molar-refractivity contribution in [3.05, 3.63) is 29.5 Å². The molecule has 17 heavy (non-hydrogen) atoms. The van der Waals surface area contributed by atoms with Gasteiger partial charge in [-0.3, -0.25) is 0 Å². The minimum absolute atomic E-state index is 0.0573. The van der Waals surface area contributed by atoms with Crippen molar-refractivity contribution < 1.29 is 15.0 Å². The largest absolute Gasteiger partial charge is 0.508 e. The van der Waals surface area contributed by atoms with Gasteiger partial charge in [0, 0.05) is 11.4 Å². The molecule has 0 aliphatic heterocycles. The number of fused-ring (bicyclic) bond motifs is 1. The molecular weight excluding hydrogens is 218 g/mol. The number of hydrogen-bond donors (Lipinski definition) is 2. The number of aryl methyl sites for hydroxylation is 1. The summed E-state index contributed by atoms with van der Waals surface area (Å²) >= 11 is 0. The molecule has 0 spiro atoms. The predicted octanol–water partition coefficient (Wildman–Crippen LogP) is 2.93. The zero-order valence-corrected chi connectivity index (χ0v) is 10.1. The van der Waals surface area contributed by atoms with Crippen LogP contribution in [-0.2, 0) is 0 Å². The highest BCUT2D eigenvalue weighted by atomic mass is 16.4. The number of phenols is 1. The molecule has 2 N–H and O–H groups in total. The van der Waals surface area contributed by atoms with Crippen molar-refractivity contribution in [1.82, 2.24) is 4.57 Å². The molecule has 2 rings (SSSR count). The summed E-state index contributed by atoms with van der Waals surface area (Å²) in [6.07, 6.45) is 0. The van der Waals surface area contributed by atoms with E-state index in [9.17, 15) is 15.0 Å². The molecule has 0 aliphatic carbocycles. The molecule has 2 aromatic rings. The number of phenolic OH excluding ortho intramolecular Hbond substituents is 1. The van der Waals surface area contributed by atoms with Gasteiger partial charge in [0.05, 0.1) is 5.52 Å². The molecule has 1 aromatic heterocycles. The molecule has 1 aromatic carbocycles. The summed E-state index contributed by atoms with van der Waals surface area (Å²) in [6.45, 7) is 5.75. The fourth-order valence-corrected chi connectivity index (χ4v) is 2.26. The average molecular weight is 233 g/mol. The van der Waals surface area contributed by atoms with E-state index >= 15 is 0 Å². The number of aromatic hydroxyl groups is 1. The van der Waals surface area contributed by atoms with E-state index in [0.29, 0.717) is 0 Å². The Balaban J connectivity index is 2.90. The molecular formula is C13H15NO3. The topological polar surface area (TPSA) is 62.5 Å². The first-order valence-electron chi connectivity index (χ1n) is 5.49. The first kappa shape index (κ1) is 11.5. The van der Waals surface area contributed by atoms with Gasteiger partial charge in [0.1, 0.15) is 11.4 Å². The Morgan fingerprint density at radius 3 is 2.47 bits per heavy atom. The number of carboxylic acids is 1. The summed E-state index contributed by atoms with van der Waals surface area (Å²) in [6, 6.07) is 4.90. The van der Waals surface area contributed by atoms with Gasteiger partial charge in [-0.25, -0.2) is 4.79 Å². The van der Waals surface area contributed by atoms with Gasteiger partial charge in [0.15, 0.2) is 0 Å². The van der Waals surface area contributed by atoms with Crippen LogP contribution in [0.15, 0.2) is 18.2 Å². The maximum Gasteiger partial charge on any atom is 0.352 e. The summed E-state index contributed by atoms with van der Waals surface area (Å²) in [5.74, 6) is -0.790. The Hall–Kier alpha value is -1.97. The highest BCUT2D eigenvalue weighted by Crippen LogP contribution is 2.30. The van der Waals surface area contributed by atoms with Gasteiger partial charge in [0.2, 0.25) is 0 Å². The molecule has 0 amide bonds. The highest BCUT2D eigenvalue weighted by Gasteiger charge is 2.18. The summed E-state index contributed by atoms with van der Waals surface area (Å²) in [5, 5.41) is 19.5. The second kappa shape index (κ2) is 3.80. The Kier molecular flexibility index (Phi) is 2.58. The van der Waals surface area contributed by atoms with Gasteiger partial charge in [-0.15, -0.1) is 0 Å². The van der Waals surface area contributed by atoms with Gasteiger partial charge >= 0.3 is 5.97 Å². The van der Waals surface area contributed by atoms with Gasteiger partial charge < -0.3 is 14.8 Å². The van der Waals surface area contributed by atoms with E-state index < -0.39 is 5.97 Å². The molecule has 0 radical (unpaired) electrons. The second-order valence-electron chi connectivity index (χ2n) is 4.50. The maximum atomic E-state index is 11.2. The van der Waals surface area contributed by atoms with E-state index in [1.165, 1.54) is 0 Å². The van der Waals surface area contributed by atoms with Gasteiger partial charge in [-0.2, -0.15) is 0 Å². The number of rotatable bonds is 2. The molecule has 0 atom stereocenters. The van der Waals surface area contributed by atoms with E-state index in [-0.39, 0.29) is 17.5 Å². The summed E-state index contributed by atoms with van der Waals surface area (Å²) in [5.41, 5.74) is 2.00. The average Bonchev–Trinajstić information content (AvgIpc) is 2.56. The maximum absolute atomic E-state index is 11.2. The summed E-state index contributed by atoms with van der Waals surface area (Å²) < 4.78 is 1.78. The van der Waals surface area contributed by atoms with Crippen LogP contribution in [0.1, 0.15) is 35.9 Å². The van der Waals surface area contributed by atoms with Crippen molar-refractivity contribution in [3.8, 4) is 5.75 Å². The Labute approximate surface area is 99.1 Å². The van der Waals surface area contributed by atoms with E-state index in [0.717, 1.165) is 16.5 Å². The third kappa shape index (κ3) is 1.75. The monoisotopic (exact) mass is 233 g/mol. The zero-order valence-electron chi connectivity index (χ0n) is 10.1. The van der Waals surface area contributed by atoms with Crippen molar-refractivity contribution in [3.63, 3.8) is 0 Å². The van der Waals surface area contributed by atoms with Crippen LogP contribution in [0, 0.1) is 6.92 Å². The minimum Gasteiger partial charge on any atom is -0.508 e. The zero-order chi connectivity index (χ0) is 12.7. The number of benzene rings is 1. The lowest BCUT2D eigenvalue weighted by molar-refractivity contribution is 0.0684.